The van der Waals surface area contributed by atoms with Gasteiger partial charge < -0.3 is 0 Å². The van der Waals surface area contributed by atoms with Gasteiger partial charge in [0, 0.05) is 18.3 Å². The lowest BCUT2D eigenvalue weighted by atomic mass is 10.7. The molecule has 1 heterocycles. The van der Waals surface area contributed by atoms with Crippen LogP contribution in [-0.2, 0) is 6.54 Å². The van der Waals surface area contributed by atoms with Crippen LogP contribution in [0.1, 0.15) is 6.92 Å². The van der Waals surface area contributed by atoms with E-state index in [-0.39, 0.29) is 21.8 Å². The maximum absolute atomic E-state index is 12.0. The number of halogens is 4. The molecular weight excluding hydrogens is 225 g/mol. The number of nitrogens with zero attached hydrogens (tertiary/aromatic N) is 2. The maximum atomic E-state index is 12.0. The van der Waals surface area contributed by atoms with Crippen molar-refractivity contribution in [3.63, 3.8) is 0 Å². The summed E-state index contributed by atoms with van der Waals surface area (Å²) in [5, 5.41) is 3.66. The van der Waals surface area contributed by atoms with Crippen molar-refractivity contribution in [2.45, 2.75) is 24.0 Å². The zero-order chi connectivity index (χ0) is 10.1. The van der Waals surface area contributed by atoms with Crippen LogP contribution in [0.3, 0.4) is 0 Å². The molecule has 0 saturated carbocycles. The first kappa shape index (κ1) is 10.7. The van der Waals surface area contributed by atoms with E-state index < -0.39 is 5.51 Å². The molecule has 7 heteroatoms. The second-order valence-electron chi connectivity index (χ2n) is 2.16. The normalized spacial score (nSPS) is 12.1. The summed E-state index contributed by atoms with van der Waals surface area (Å²) in [6.07, 6.45) is 1.21. The Morgan fingerprint density at radius 3 is 2.69 bits per heavy atom. The van der Waals surface area contributed by atoms with Gasteiger partial charge in [0.25, 0.3) is 0 Å². The Labute approximate surface area is 82.1 Å². The van der Waals surface area contributed by atoms with Crippen molar-refractivity contribution in [2.75, 3.05) is 0 Å². The Balaban J connectivity index is 2.92. The van der Waals surface area contributed by atoms with Gasteiger partial charge in [0.15, 0.2) is 0 Å². The Kier molecular flexibility index (Phi) is 3.13. The van der Waals surface area contributed by atoms with Gasteiger partial charge in [-0.2, -0.15) is 18.3 Å². The number of rotatable bonds is 2. The number of thioether (sulfide) groups is 1. The van der Waals surface area contributed by atoms with E-state index >= 15 is 0 Å². The molecule has 0 saturated heterocycles. The fourth-order valence-electron chi connectivity index (χ4n) is 0.788. The third kappa shape index (κ3) is 2.80. The van der Waals surface area contributed by atoms with Crippen LogP contribution in [0.15, 0.2) is 11.2 Å². The minimum Gasteiger partial charge on any atom is -0.257 e. The molecule has 1 aromatic rings. The topological polar surface area (TPSA) is 17.8 Å². The first-order valence-electron chi connectivity index (χ1n) is 3.41. The van der Waals surface area contributed by atoms with Gasteiger partial charge in [-0.1, -0.05) is 11.6 Å². The average Bonchev–Trinajstić information content (AvgIpc) is 2.30. The summed E-state index contributed by atoms with van der Waals surface area (Å²) in [5.41, 5.74) is -4.32. The van der Waals surface area contributed by atoms with E-state index in [4.69, 9.17) is 11.6 Å². The van der Waals surface area contributed by atoms with Crippen molar-refractivity contribution in [1.29, 1.82) is 0 Å². The SMILES string of the molecule is CCn1ncc(Cl)c1SC(F)(F)F. The lowest BCUT2D eigenvalue weighted by Crippen LogP contribution is -2.05. The van der Waals surface area contributed by atoms with Crippen LogP contribution in [0.5, 0.6) is 0 Å². The second kappa shape index (κ2) is 3.79. The van der Waals surface area contributed by atoms with Crippen LogP contribution in [0.2, 0.25) is 5.02 Å². The molecule has 1 aromatic heterocycles. The highest BCUT2D eigenvalue weighted by Crippen LogP contribution is 2.39. The van der Waals surface area contributed by atoms with E-state index in [1.165, 1.54) is 10.9 Å². The summed E-state index contributed by atoms with van der Waals surface area (Å²) >= 11 is 5.28. The van der Waals surface area contributed by atoms with E-state index in [1.54, 1.807) is 6.92 Å². The van der Waals surface area contributed by atoms with Crippen molar-refractivity contribution in [1.82, 2.24) is 9.78 Å². The number of hydrogen-bond acceptors (Lipinski definition) is 2. The third-order valence-electron chi connectivity index (χ3n) is 1.26. The molecule has 74 valence electrons. The molecule has 0 bridgehead atoms. The summed E-state index contributed by atoms with van der Waals surface area (Å²) in [7, 11) is 0. The van der Waals surface area contributed by atoms with Gasteiger partial charge in [-0.15, -0.1) is 0 Å². The van der Waals surface area contributed by atoms with Crippen molar-refractivity contribution in [3.05, 3.63) is 11.2 Å². The van der Waals surface area contributed by atoms with Crippen molar-refractivity contribution in [3.8, 4) is 0 Å². The molecule has 0 aliphatic rings. The minimum absolute atomic E-state index is 0.0316. The molecule has 0 amide bonds. The summed E-state index contributed by atoms with van der Waals surface area (Å²) in [6, 6.07) is 0. The highest BCUT2D eigenvalue weighted by atomic mass is 35.5. The molecule has 0 aromatic carbocycles. The van der Waals surface area contributed by atoms with E-state index in [2.05, 4.69) is 5.10 Å². The molecule has 0 spiro atoms. The molecule has 0 atom stereocenters. The van der Waals surface area contributed by atoms with Crippen LogP contribution < -0.4 is 0 Å². The van der Waals surface area contributed by atoms with Crippen molar-refractivity contribution >= 4 is 23.4 Å². The lowest BCUT2D eigenvalue weighted by Gasteiger charge is -2.07. The van der Waals surface area contributed by atoms with Crippen LogP contribution in [0.25, 0.3) is 0 Å². The molecule has 0 aliphatic carbocycles. The molecule has 0 radical (unpaired) electrons. The maximum Gasteiger partial charge on any atom is 0.447 e. The van der Waals surface area contributed by atoms with E-state index in [1.807, 2.05) is 0 Å². The highest BCUT2D eigenvalue weighted by molar-refractivity contribution is 8.00. The zero-order valence-electron chi connectivity index (χ0n) is 6.60. The Bertz CT molecular complexity index is 297. The van der Waals surface area contributed by atoms with Crippen LogP contribution >= 0.6 is 23.4 Å². The Morgan fingerprint density at radius 1 is 1.62 bits per heavy atom. The predicted octanol–water partition coefficient (Wildman–Crippen LogP) is 3.17. The van der Waals surface area contributed by atoms with Crippen molar-refractivity contribution < 1.29 is 13.2 Å². The number of alkyl halides is 3. The highest BCUT2D eigenvalue weighted by Gasteiger charge is 2.32. The van der Waals surface area contributed by atoms with Gasteiger partial charge in [-0.25, -0.2) is 0 Å². The summed E-state index contributed by atoms with van der Waals surface area (Å²) in [6.45, 7) is 2.06. The van der Waals surface area contributed by atoms with Gasteiger partial charge in [-0.3, -0.25) is 4.68 Å². The first-order chi connectivity index (χ1) is 5.94. The summed E-state index contributed by atoms with van der Waals surface area (Å²) in [5.74, 6) is 0. The lowest BCUT2D eigenvalue weighted by molar-refractivity contribution is -0.0330. The molecule has 0 N–H and O–H groups in total. The van der Waals surface area contributed by atoms with Gasteiger partial charge in [-0.05, 0) is 6.92 Å². The molecule has 13 heavy (non-hydrogen) atoms. The molecule has 2 nitrogen and oxygen atoms in total. The van der Waals surface area contributed by atoms with Gasteiger partial charge in [0.2, 0.25) is 0 Å². The summed E-state index contributed by atoms with van der Waals surface area (Å²) in [4.78, 5) is 0. The average molecular weight is 231 g/mol. The molecule has 1 rings (SSSR count). The molecule has 0 aliphatic heterocycles. The summed E-state index contributed by atoms with van der Waals surface area (Å²) < 4.78 is 37.1. The molecular formula is C6H6ClF3N2S. The Morgan fingerprint density at radius 2 is 2.23 bits per heavy atom. The van der Waals surface area contributed by atoms with Gasteiger partial charge >= 0.3 is 5.51 Å². The van der Waals surface area contributed by atoms with E-state index in [9.17, 15) is 13.2 Å². The van der Waals surface area contributed by atoms with Crippen LogP contribution in [0, 0.1) is 0 Å². The van der Waals surface area contributed by atoms with Crippen molar-refractivity contribution in [2.24, 2.45) is 0 Å². The second-order valence-corrected chi connectivity index (χ2v) is 3.62. The fourth-order valence-corrected chi connectivity index (χ4v) is 1.70. The van der Waals surface area contributed by atoms with E-state index in [0.29, 0.717) is 6.54 Å². The monoisotopic (exact) mass is 230 g/mol. The number of hydrogen-bond donors (Lipinski definition) is 0. The van der Waals surface area contributed by atoms with E-state index in [0.717, 1.165) is 0 Å². The quantitative estimate of drug-likeness (QED) is 0.727. The Hall–Kier alpha value is -0.360. The standard InChI is InChI=1S/C6H6ClF3N2S/c1-2-12-5(4(7)3-11-12)13-6(8,9)10/h3H,2H2,1H3. The number of aromatic nitrogens is 2. The molecule has 0 fully saturated rings. The van der Waals surface area contributed by atoms with Gasteiger partial charge in [0.1, 0.15) is 5.03 Å². The van der Waals surface area contributed by atoms with Crippen LogP contribution in [-0.4, -0.2) is 15.3 Å². The predicted molar refractivity (Wildman–Crippen MR) is 44.8 cm³/mol. The third-order valence-corrected chi connectivity index (χ3v) is 2.51. The fraction of sp³-hybridized carbons (Fsp3) is 0.500. The smallest absolute Gasteiger partial charge is 0.257 e. The first-order valence-corrected chi connectivity index (χ1v) is 4.60. The van der Waals surface area contributed by atoms with Crippen LogP contribution in [0.4, 0.5) is 13.2 Å². The number of aryl methyl sites for hydroxylation is 1. The van der Waals surface area contributed by atoms with Gasteiger partial charge in [0.05, 0.1) is 11.2 Å². The largest absolute Gasteiger partial charge is 0.447 e. The minimum atomic E-state index is -4.32. The molecule has 0 unspecified atom stereocenters. The zero-order valence-corrected chi connectivity index (χ0v) is 8.17.